The zero-order chi connectivity index (χ0) is 11.5. The molecule has 0 saturated carbocycles. The summed E-state index contributed by atoms with van der Waals surface area (Å²) in [5.74, 6) is 1.50. The van der Waals surface area contributed by atoms with E-state index in [4.69, 9.17) is 10.5 Å². The van der Waals surface area contributed by atoms with Crippen molar-refractivity contribution in [3.63, 3.8) is 0 Å². The molecule has 1 aromatic heterocycles. The monoisotopic (exact) mass is 252 g/mol. The van der Waals surface area contributed by atoms with Crippen LogP contribution in [0.15, 0.2) is 24.3 Å². The number of nitrogens with two attached hydrogens (primary N) is 1. The van der Waals surface area contributed by atoms with E-state index in [0.717, 1.165) is 28.6 Å². The van der Waals surface area contributed by atoms with E-state index >= 15 is 0 Å². The van der Waals surface area contributed by atoms with Crippen LogP contribution in [-0.4, -0.2) is 11.6 Å². The first-order chi connectivity index (χ1) is 7.74. The molecule has 0 bridgehead atoms. The van der Waals surface area contributed by atoms with Gasteiger partial charge in [-0.3, -0.25) is 0 Å². The Hall–Kier alpha value is -1.48. The van der Waals surface area contributed by atoms with E-state index in [1.807, 2.05) is 25.1 Å². The molecule has 0 radical (unpaired) electrons. The third-order valence-electron chi connectivity index (χ3n) is 2.59. The molecule has 2 aromatic rings. The molecule has 0 spiro atoms. The van der Waals surface area contributed by atoms with Gasteiger partial charge in [0.2, 0.25) is 0 Å². The SMILES string of the molecule is CCOc1ccc2nc(N)c(CC)cc2c1.Cl. The molecule has 0 aliphatic carbocycles. The molecule has 3 nitrogen and oxygen atoms in total. The third kappa shape index (κ3) is 2.80. The highest BCUT2D eigenvalue weighted by Gasteiger charge is 2.03. The summed E-state index contributed by atoms with van der Waals surface area (Å²) in [5, 5.41) is 1.08. The van der Waals surface area contributed by atoms with E-state index in [-0.39, 0.29) is 12.4 Å². The van der Waals surface area contributed by atoms with Crippen molar-refractivity contribution in [3.8, 4) is 5.75 Å². The first-order valence-electron chi connectivity index (χ1n) is 5.56. The van der Waals surface area contributed by atoms with Crippen molar-refractivity contribution in [1.82, 2.24) is 4.98 Å². The maximum atomic E-state index is 5.85. The highest BCUT2D eigenvalue weighted by molar-refractivity contribution is 5.85. The summed E-state index contributed by atoms with van der Waals surface area (Å²) < 4.78 is 5.46. The van der Waals surface area contributed by atoms with Crippen LogP contribution in [0.25, 0.3) is 10.9 Å². The second-order valence-electron chi connectivity index (χ2n) is 3.67. The number of pyridine rings is 1. The van der Waals surface area contributed by atoms with E-state index in [1.165, 1.54) is 0 Å². The predicted octanol–water partition coefficient (Wildman–Crippen LogP) is 3.20. The van der Waals surface area contributed by atoms with Crippen LogP contribution in [0.3, 0.4) is 0 Å². The Morgan fingerprint density at radius 2 is 2.00 bits per heavy atom. The first kappa shape index (κ1) is 13.6. The number of nitrogens with zero attached hydrogens (tertiary/aromatic N) is 1. The van der Waals surface area contributed by atoms with E-state index < -0.39 is 0 Å². The minimum absolute atomic E-state index is 0. The van der Waals surface area contributed by atoms with Gasteiger partial charge in [-0.15, -0.1) is 12.4 Å². The Bertz CT molecular complexity index is 514. The topological polar surface area (TPSA) is 48.1 Å². The number of anilines is 1. The fraction of sp³-hybridized carbons (Fsp3) is 0.308. The minimum atomic E-state index is 0. The zero-order valence-electron chi connectivity index (χ0n) is 10.1. The quantitative estimate of drug-likeness (QED) is 0.913. The predicted molar refractivity (Wildman–Crippen MR) is 74.0 cm³/mol. The summed E-state index contributed by atoms with van der Waals surface area (Å²) in [7, 11) is 0. The molecule has 1 aromatic carbocycles. The van der Waals surface area contributed by atoms with Crippen LogP contribution in [0, 0.1) is 0 Å². The van der Waals surface area contributed by atoms with Crippen molar-refractivity contribution in [2.45, 2.75) is 20.3 Å². The van der Waals surface area contributed by atoms with Gasteiger partial charge in [-0.25, -0.2) is 4.98 Å². The van der Waals surface area contributed by atoms with Gasteiger partial charge in [0.05, 0.1) is 12.1 Å². The molecule has 1 heterocycles. The van der Waals surface area contributed by atoms with Crippen LogP contribution < -0.4 is 10.5 Å². The largest absolute Gasteiger partial charge is 0.494 e. The van der Waals surface area contributed by atoms with Gasteiger partial charge in [-0.05, 0) is 43.2 Å². The fourth-order valence-electron chi connectivity index (χ4n) is 1.75. The molecule has 17 heavy (non-hydrogen) atoms. The summed E-state index contributed by atoms with van der Waals surface area (Å²) in [6, 6.07) is 7.95. The summed E-state index contributed by atoms with van der Waals surface area (Å²) >= 11 is 0. The Kier molecular flexibility index (Phi) is 4.58. The number of rotatable bonds is 3. The number of fused-ring (bicyclic) bond motifs is 1. The molecule has 0 aliphatic heterocycles. The Morgan fingerprint density at radius 3 is 2.65 bits per heavy atom. The Morgan fingerprint density at radius 1 is 1.24 bits per heavy atom. The van der Waals surface area contributed by atoms with Crippen LogP contribution in [0.4, 0.5) is 5.82 Å². The lowest BCUT2D eigenvalue weighted by Gasteiger charge is -2.07. The van der Waals surface area contributed by atoms with Crippen LogP contribution in [-0.2, 0) is 6.42 Å². The van der Waals surface area contributed by atoms with Crippen molar-refractivity contribution in [3.05, 3.63) is 29.8 Å². The minimum Gasteiger partial charge on any atom is -0.494 e. The van der Waals surface area contributed by atoms with E-state index in [1.54, 1.807) is 0 Å². The lowest BCUT2D eigenvalue weighted by Crippen LogP contribution is -1.97. The van der Waals surface area contributed by atoms with E-state index in [0.29, 0.717) is 12.4 Å². The number of hydrogen-bond donors (Lipinski definition) is 1. The lowest BCUT2D eigenvalue weighted by molar-refractivity contribution is 0.340. The molecule has 4 heteroatoms. The number of aromatic nitrogens is 1. The van der Waals surface area contributed by atoms with Crippen molar-refractivity contribution in [1.29, 1.82) is 0 Å². The number of halogens is 1. The molecule has 2 N–H and O–H groups in total. The van der Waals surface area contributed by atoms with Crippen LogP contribution >= 0.6 is 12.4 Å². The number of ether oxygens (including phenoxy) is 1. The second kappa shape index (κ2) is 5.73. The van der Waals surface area contributed by atoms with Crippen molar-refractivity contribution >= 4 is 29.1 Å². The number of hydrogen-bond acceptors (Lipinski definition) is 3. The average Bonchev–Trinajstić information content (AvgIpc) is 2.29. The van der Waals surface area contributed by atoms with Crippen LogP contribution in [0.5, 0.6) is 5.75 Å². The van der Waals surface area contributed by atoms with Crippen molar-refractivity contribution in [2.24, 2.45) is 0 Å². The zero-order valence-corrected chi connectivity index (χ0v) is 10.9. The molecule has 0 atom stereocenters. The van der Waals surface area contributed by atoms with Gasteiger partial charge in [0.25, 0.3) is 0 Å². The Balaban J connectivity index is 0.00000144. The maximum absolute atomic E-state index is 5.85. The molecule has 92 valence electrons. The molecule has 0 fully saturated rings. The number of aryl methyl sites for hydroxylation is 1. The summed E-state index contributed by atoms with van der Waals surface area (Å²) in [6.07, 6.45) is 0.896. The summed E-state index contributed by atoms with van der Waals surface area (Å²) in [4.78, 5) is 4.37. The molecule has 0 saturated heterocycles. The normalized spacial score (nSPS) is 10.0. The molecule has 0 aliphatic rings. The number of nitrogen functional groups attached to an aromatic ring is 1. The fourth-order valence-corrected chi connectivity index (χ4v) is 1.75. The summed E-state index contributed by atoms with van der Waals surface area (Å²) in [6.45, 7) is 4.73. The van der Waals surface area contributed by atoms with Gasteiger partial charge in [0.15, 0.2) is 0 Å². The van der Waals surface area contributed by atoms with Crippen molar-refractivity contribution in [2.75, 3.05) is 12.3 Å². The lowest BCUT2D eigenvalue weighted by atomic mass is 10.1. The molecule has 0 amide bonds. The van der Waals surface area contributed by atoms with Gasteiger partial charge in [-0.2, -0.15) is 0 Å². The van der Waals surface area contributed by atoms with Crippen molar-refractivity contribution < 1.29 is 4.74 Å². The summed E-state index contributed by atoms with van der Waals surface area (Å²) in [5.41, 5.74) is 7.85. The van der Waals surface area contributed by atoms with Gasteiger partial charge >= 0.3 is 0 Å². The first-order valence-corrected chi connectivity index (χ1v) is 5.56. The highest BCUT2D eigenvalue weighted by Crippen LogP contribution is 2.23. The van der Waals surface area contributed by atoms with Gasteiger partial charge in [0, 0.05) is 5.39 Å². The standard InChI is InChI=1S/C13H16N2O.ClH/c1-3-9-7-10-8-11(16-4-2)5-6-12(10)15-13(9)14;/h5-8H,3-4H2,1-2H3,(H2,14,15);1H. The molecular weight excluding hydrogens is 236 g/mol. The molecule has 0 unspecified atom stereocenters. The van der Waals surface area contributed by atoms with Gasteiger partial charge < -0.3 is 10.5 Å². The highest BCUT2D eigenvalue weighted by atomic mass is 35.5. The van der Waals surface area contributed by atoms with E-state index in [9.17, 15) is 0 Å². The second-order valence-corrected chi connectivity index (χ2v) is 3.67. The maximum Gasteiger partial charge on any atom is 0.127 e. The van der Waals surface area contributed by atoms with Gasteiger partial charge in [0.1, 0.15) is 11.6 Å². The Labute approximate surface area is 107 Å². The molecule has 2 rings (SSSR count). The van der Waals surface area contributed by atoms with Crippen LogP contribution in [0.1, 0.15) is 19.4 Å². The smallest absolute Gasteiger partial charge is 0.127 e. The average molecular weight is 253 g/mol. The third-order valence-corrected chi connectivity index (χ3v) is 2.59. The molecular formula is C13H17ClN2O. The van der Waals surface area contributed by atoms with E-state index in [2.05, 4.69) is 18.0 Å². The number of benzene rings is 1. The van der Waals surface area contributed by atoms with Crippen LogP contribution in [0.2, 0.25) is 0 Å². The van der Waals surface area contributed by atoms with Gasteiger partial charge in [-0.1, -0.05) is 6.92 Å².